The number of hydrogen-bond donors (Lipinski definition) is 1. The van der Waals surface area contributed by atoms with Gasteiger partial charge in [0.1, 0.15) is 0 Å². The third-order valence-corrected chi connectivity index (χ3v) is 4.47. The Morgan fingerprint density at radius 3 is 2.81 bits per heavy atom. The van der Waals surface area contributed by atoms with Gasteiger partial charge in [-0.1, -0.05) is 23.9 Å². The van der Waals surface area contributed by atoms with E-state index in [1.165, 1.54) is 20.2 Å². The Morgan fingerprint density at radius 1 is 1.31 bits per heavy atom. The fourth-order valence-electron chi connectivity index (χ4n) is 1.61. The molecule has 0 aliphatic heterocycles. The summed E-state index contributed by atoms with van der Waals surface area (Å²) in [5.74, 6) is 0. The molecule has 0 atom stereocenters. The summed E-state index contributed by atoms with van der Waals surface area (Å²) in [4.78, 5) is 1.31. The first kappa shape index (κ1) is 11.7. The molecule has 1 aromatic heterocycles. The van der Waals surface area contributed by atoms with E-state index < -0.39 is 0 Å². The normalized spacial score (nSPS) is 10.6. The molecule has 3 heteroatoms. The Hall–Kier alpha value is -0.770. The van der Waals surface area contributed by atoms with Crippen molar-refractivity contribution < 1.29 is 0 Å². The topological polar surface area (TPSA) is 26.0 Å². The van der Waals surface area contributed by atoms with E-state index in [1.54, 1.807) is 11.3 Å². The molecule has 1 nitrogen and oxygen atoms in total. The molecule has 0 saturated carbocycles. The SMILES string of the molecule is Cc1cc(Sc2cccs2)ccc1CCN. The Kier molecular flexibility index (Phi) is 4.04. The van der Waals surface area contributed by atoms with Crippen LogP contribution >= 0.6 is 23.1 Å². The largest absolute Gasteiger partial charge is 0.330 e. The van der Waals surface area contributed by atoms with E-state index in [0.29, 0.717) is 0 Å². The quantitative estimate of drug-likeness (QED) is 0.894. The highest BCUT2D eigenvalue weighted by Gasteiger charge is 2.02. The molecule has 0 bridgehead atoms. The molecule has 16 heavy (non-hydrogen) atoms. The monoisotopic (exact) mass is 249 g/mol. The van der Waals surface area contributed by atoms with E-state index >= 15 is 0 Å². The summed E-state index contributed by atoms with van der Waals surface area (Å²) in [6.45, 7) is 2.88. The predicted molar refractivity (Wildman–Crippen MR) is 72.4 cm³/mol. The van der Waals surface area contributed by atoms with Gasteiger partial charge in [0.15, 0.2) is 0 Å². The van der Waals surface area contributed by atoms with Gasteiger partial charge in [0, 0.05) is 4.90 Å². The molecular weight excluding hydrogens is 234 g/mol. The highest BCUT2D eigenvalue weighted by Crippen LogP contribution is 2.32. The fourth-order valence-corrected chi connectivity index (χ4v) is 3.45. The van der Waals surface area contributed by atoms with Crippen LogP contribution in [0, 0.1) is 6.92 Å². The van der Waals surface area contributed by atoms with Gasteiger partial charge in [0.25, 0.3) is 0 Å². The van der Waals surface area contributed by atoms with Crippen molar-refractivity contribution >= 4 is 23.1 Å². The van der Waals surface area contributed by atoms with E-state index in [2.05, 4.69) is 42.6 Å². The van der Waals surface area contributed by atoms with Crippen molar-refractivity contribution in [2.45, 2.75) is 22.4 Å². The lowest BCUT2D eigenvalue weighted by atomic mass is 10.1. The maximum absolute atomic E-state index is 5.57. The van der Waals surface area contributed by atoms with Crippen LogP contribution in [-0.2, 0) is 6.42 Å². The molecule has 2 aromatic rings. The number of aryl methyl sites for hydroxylation is 1. The van der Waals surface area contributed by atoms with Gasteiger partial charge < -0.3 is 5.73 Å². The van der Waals surface area contributed by atoms with Crippen molar-refractivity contribution in [2.24, 2.45) is 5.73 Å². The van der Waals surface area contributed by atoms with Crippen molar-refractivity contribution in [1.29, 1.82) is 0 Å². The van der Waals surface area contributed by atoms with Gasteiger partial charge in [-0.25, -0.2) is 0 Å². The zero-order chi connectivity index (χ0) is 11.4. The number of nitrogens with two attached hydrogens (primary N) is 1. The lowest BCUT2D eigenvalue weighted by Crippen LogP contribution is -2.03. The standard InChI is InChI=1S/C13H15NS2/c1-10-9-12(5-4-11(10)6-7-14)16-13-3-2-8-15-13/h2-5,8-9H,6-7,14H2,1H3. The summed E-state index contributed by atoms with van der Waals surface area (Å²) in [5, 5.41) is 2.11. The minimum Gasteiger partial charge on any atom is -0.330 e. The van der Waals surface area contributed by atoms with Crippen LogP contribution in [0.25, 0.3) is 0 Å². The zero-order valence-electron chi connectivity index (χ0n) is 9.27. The van der Waals surface area contributed by atoms with Gasteiger partial charge in [-0.2, -0.15) is 0 Å². The summed E-state index contributed by atoms with van der Waals surface area (Å²) in [7, 11) is 0. The molecule has 0 aliphatic carbocycles. The summed E-state index contributed by atoms with van der Waals surface area (Å²) in [6, 6.07) is 10.9. The third-order valence-electron chi connectivity index (χ3n) is 2.44. The van der Waals surface area contributed by atoms with Gasteiger partial charge in [0.05, 0.1) is 4.21 Å². The van der Waals surface area contributed by atoms with Gasteiger partial charge in [-0.05, 0) is 54.6 Å². The first-order chi connectivity index (χ1) is 7.79. The van der Waals surface area contributed by atoms with E-state index in [0.717, 1.165) is 13.0 Å². The summed E-state index contributed by atoms with van der Waals surface area (Å²) >= 11 is 3.60. The Morgan fingerprint density at radius 2 is 2.19 bits per heavy atom. The highest BCUT2D eigenvalue weighted by molar-refractivity contribution is 8.01. The van der Waals surface area contributed by atoms with Crippen molar-refractivity contribution in [3.8, 4) is 0 Å². The summed E-state index contributed by atoms with van der Waals surface area (Å²) < 4.78 is 1.34. The van der Waals surface area contributed by atoms with Crippen molar-refractivity contribution in [3.05, 3.63) is 46.8 Å². The van der Waals surface area contributed by atoms with Crippen LogP contribution in [-0.4, -0.2) is 6.54 Å². The molecule has 0 aliphatic rings. The van der Waals surface area contributed by atoms with Gasteiger partial charge in [-0.15, -0.1) is 11.3 Å². The van der Waals surface area contributed by atoms with Gasteiger partial charge in [-0.3, -0.25) is 0 Å². The van der Waals surface area contributed by atoms with Crippen molar-refractivity contribution in [2.75, 3.05) is 6.54 Å². The first-order valence-corrected chi connectivity index (χ1v) is 7.00. The Labute approximate surface area is 105 Å². The maximum Gasteiger partial charge on any atom is 0.0646 e. The second-order valence-corrected chi connectivity index (χ2v) is 5.98. The number of benzene rings is 1. The predicted octanol–water partition coefficient (Wildman–Crippen LogP) is 3.71. The van der Waals surface area contributed by atoms with Gasteiger partial charge >= 0.3 is 0 Å². The van der Waals surface area contributed by atoms with Crippen LogP contribution in [0.4, 0.5) is 0 Å². The van der Waals surface area contributed by atoms with Gasteiger partial charge in [0.2, 0.25) is 0 Å². The molecule has 2 N–H and O–H groups in total. The molecule has 0 spiro atoms. The van der Waals surface area contributed by atoms with Crippen LogP contribution in [0.3, 0.4) is 0 Å². The van der Waals surface area contributed by atoms with Crippen molar-refractivity contribution in [1.82, 2.24) is 0 Å². The Balaban J connectivity index is 2.15. The molecule has 1 heterocycles. The lowest BCUT2D eigenvalue weighted by molar-refractivity contribution is 0.955. The number of hydrogen-bond acceptors (Lipinski definition) is 3. The van der Waals surface area contributed by atoms with E-state index in [4.69, 9.17) is 5.73 Å². The lowest BCUT2D eigenvalue weighted by Gasteiger charge is -2.06. The maximum atomic E-state index is 5.57. The second-order valence-electron chi connectivity index (χ2n) is 3.66. The van der Waals surface area contributed by atoms with Crippen LogP contribution < -0.4 is 5.73 Å². The van der Waals surface area contributed by atoms with Crippen LogP contribution in [0.5, 0.6) is 0 Å². The fraction of sp³-hybridized carbons (Fsp3) is 0.231. The molecular formula is C13H15NS2. The average molecular weight is 249 g/mol. The molecule has 0 unspecified atom stereocenters. The average Bonchev–Trinajstić information content (AvgIpc) is 2.75. The molecule has 0 radical (unpaired) electrons. The second kappa shape index (κ2) is 5.53. The first-order valence-electron chi connectivity index (χ1n) is 5.30. The minimum absolute atomic E-state index is 0.720. The molecule has 1 aromatic carbocycles. The third kappa shape index (κ3) is 2.88. The van der Waals surface area contributed by atoms with E-state index in [1.807, 2.05) is 11.8 Å². The number of thiophene rings is 1. The van der Waals surface area contributed by atoms with E-state index in [-0.39, 0.29) is 0 Å². The van der Waals surface area contributed by atoms with E-state index in [9.17, 15) is 0 Å². The smallest absolute Gasteiger partial charge is 0.0646 e. The number of rotatable bonds is 4. The van der Waals surface area contributed by atoms with Crippen LogP contribution in [0.2, 0.25) is 0 Å². The zero-order valence-corrected chi connectivity index (χ0v) is 10.9. The van der Waals surface area contributed by atoms with Crippen LogP contribution in [0.1, 0.15) is 11.1 Å². The molecule has 0 amide bonds. The summed E-state index contributed by atoms with van der Waals surface area (Å²) in [6.07, 6.45) is 0.968. The summed E-state index contributed by atoms with van der Waals surface area (Å²) in [5.41, 5.74) is 8.27. The van der Waals surface area contributed by atoms with Crippen LogP contribution in [0.15, 0.2) is 44.8 Å². The molecule has 0 fully saturated rings. The Bertz CT molecular complexity index is 449. The van der Waals surface area contributed by atoms with Crippen molar-refractivity contribution in [3.63, 3.8) is 0 Å². The molecule has 2 rings (SSSR count). The highest BCUT2D eigenvalue weighted by atomic mass is 32.2. The molecule has 84 valence electrons. The molecule has 0 saturated heterocycles. The minimum atomic E-state index is 0.720.